The molecule has 2 aromatic rings. The van der Waals surface area contributed by atoms with Crippen molar-refractivity contribution in [2.24, 2.45) is 17.6 Å². The predicted octanol–water partition coefficient (Wildman–Crippen LogP) is 4.06. The minimum atomic E-state index is 0.0776. The molecule has 0 aliphatic heterocycles. The van der Waals surface area contributed by atoms with E-state index < -0.39 is 0 Å². The van der Waals surface area contributed by atoms with E-state index in [2.05, 4.69) is 42.2 Å². The molecular formula is C17H22N2. The molecule has 0 radical (unpaired) electrons. The second kappa shape index (κ2) is 5.30. The molecule has 1 aliphatic rings. The van der Waals surface area contributed by atoms with Gasteiger partial charge in [0.2, 0.25) is 0 Å². The van der Waals surface area contributed by atoms with Gasteiger partial charge in [0.25, 0.3) is 0 Å². The number of hydrogen-bond donors (Lipinski definition) is 1. The molecule has 0 bridgehead atoms. The Bertz CT molecular complexity index is 559. The van der Waals surface area contributed by atoms with E-state index in [0.29, 0.717) is 5.92 Å². The van der Waals surface area contributed by atoms with Crippen molar-refractivity contribution in [2.75, 3.05) is 0 Å². The van der Waals surface area contributed by atoms with Gasteiger partial charge in [0.05, 0.1) is 11.7 Å². The molecule has 1 aromatic heterocycles. The van der Waals surface area contributed by atoms with Crippen LogP contribution in [-0.4, -0.2) is 4.98 Å². The first-order valence-corrected chi connectivity index (χ1v) is 7.35. The fourth-order valence-electron chi connectivity index (χ4n) is 3.44. The predicted molar refractivity (Wildman–Crippen MR) is 79.8 cm³/mol. The molecule has 0 amide bonds. The van der Waals surface area contributed by atoms with E-state index in [4.69, 9.17) is 5.73 Å². The number of nitrogens with zero attached hydrogens (tertiary/aromatic N) is 1. The van der Waals surface area contributed by atoms with Gasteiger partial charge in [0.1, 0.15) is 0 Å². The van der Waals surface area contributed by atoms with Gasteiger partial charge >= 0.3 is 0 Å². The topological polar surface area (TPSA) is 38.9 Å². The Kier molecular flexibility index (Phi) is 3.52. The summed E-state index contributed by atoms with van der Waals surface area (Å²) in [4.78, 5) is 4.58. The lowest BCUT2D eigenvalue weighted by atomic mass is 9.77. The third-order valence-electron chi connectivity index (χ3n) is 4.51. The van der Waals surface area contributed by atoms with Crippen molar-refractivity contribution in [1.82, 2.24) is 4.98 Å². The van der Waals surface area contributed by atoms with E-state index in [1.165, 1.54) is 36.5 Å². The van der Waals surface area contributed by atoms with Crippen LogP contribution in [0.5, 0.6) is 0 Å². The zero-order valence-corrected chi connectivity index (χ0v) is 11.5. The average Bonchev–Trinajstić information content (AvgIpc) is 2.46. The summed E-state index contributed by atoms with van der Waals surface area (Å²) in [7, 11) is 0. The molecule has 0 saturated heterocycles. The molecule has 1 aliphatic carbocycles. The molecule has 1 saturated carbocycles. The van der Waals surface area contributed by atoms with Crippen molar-refractivity contribution in [1.29, 1.82) is 0 Å². The normalized spacial score (nSPS) is 25.4. The molecule has 1 heterocycles. The molecule has 2 N–H and O–H groups in total. The summed E-state index contributed by atoms with van der Waals surface area (Å²) in [5, 5.41) is 2.46. The third-order valence-corrected chi connectivity index (χ3v) is 4.51. The minimum absolute atomic E-state index is 0.0776. The van der Waals surface area contributed by atoms with Crippen LogP contribution in [0.2, 0.25) is 0 Å². The van der Waals surface area contributed by atoms with E-state index in [0.717, 1.165) is 11.6 Å². The first-order chi connectivity index (χ1) is 9.25. The lowest BCUT2D eigenvalue weighted by molar-refractivity contribution is 0.246. The molecule has 1 aromatic carbocycles. The first-order valence-electron chi connectivity index (χ1n) is 7.35. The van der Waals surface area contributed by atoms with Crippen LogP contribution < -0.4 is 5.73 Å². The van der Waals surface area contributed by atoms with Gasteiger partial charge in [0.15, 0.2) is 0 Å². The molecular weight excluding hydrogens is 232 g/mol. The van der Waals surface area contributed by atoms with E-state index >= 15 is 0 Å². The van der Waals surface area contributed by atoms with Crippen LogP contribution in [0.25, 0.3) is 10.8 Å². The van der Waals surface area contributed by atoms with Crippen LogP contribution in [0, 0.1) is 11.8 Å². The van der Waals surface area contributed by atoms with Crippen molar-refractivity contribution in [2.45, 2.75) is 38.6 Å². The van der Waals surface area contributed by atoms with Crippen LogP contribution in [0.1, 0.15) is 44.3 Å². The quantitative estimate of drug-likeness (QED) is 0.877. The maximum atomic E-state index is 6.54. The van der Waals surface area contributed by atoms with E-state index in [9.17, 15) is 0 Å². The lowest BCUT2D eigenvalue weighted by Crippen LogP contribution is -2.27. The Labute approximate surface area is 115 Å². The summed E-state index contributed by atoms with van der Waals surface area (Å²) in [5.74, 6) is 1.39. The SMILES string of the molecule is CC1CCCC(C(N)c2nccc3ccccc23)C1. The average molecular weight is 254 g/mol. The van der Waals surface area contributed by atoms with Gasteiger partial charge in [-0.2, -0.15) is 0 Å². The van der Waals surface area contributed by atoms with Crippen LogP contribution in [0.3, 0.4) is 0 Å². The summed E-state index contributed by atoms with van der Waals surface area (Å²) in [5.41, 5.74) is 7.62. The second-order valence-corrected chi connectivity index (χ2v) is 5.97. The Morgan fingerprint density at radius 2 is 2.05 bits per heavy atom. The van der Waals surface area contributed by atoms with E-state index in [1.807, 2.05) is 6.20 Å². The van der Waals surface area contributed by atoms with Gasteiger partial charge in [-0.05, 0) is 36.1 Å². The van der Waals surface area contributed by atoms with E-state index in [-0.39, 0.29) is 6.04 Å². The summed E-state index contributed by atoms with van der Waals surface area (Å²) < 4.78 is 0. The zero-order valence-electron chi connectivity index (χ0n) is 11.5. The summed E-state index contributed by atoms with van der Waals surface area (Å²) >= 11 is 0. The molecule has 2 heteroatoms. The van der Waals surface area contributed by atoms with Crippen molar-refractivity contribution in [3.8, 4) is 0 Å². The Balaban J connectivity index is 1.95. The number of benzene rings is 1. The van der Waals surface area contributed by atoms with Gasteiger partial charge < -0.3 is 5.73 Å². The molecule has 0 spiro atoms. The van der Waals surface area contributed by atoms with Crippen LogP contribution in [0.15, 0.2) is 36.5 Å². The smallest absolute Gasteiger partial charge is 0.0651 e. The van der Waals surface area contributed by atoms with Crippen molar-refractivity contribution >= 4 is 10.8 Å². The zero-order chi connectivity index (χ0) is 13.2. The fourth-order valence-corrected chi connectivity index (χ4v) is 3.44. The number of rotatable bonds is 2. The van der Waals surface area contributed by atoms with E-state index in [1.54, 1.807) is 0 Å². The van der Waals surface area contributed by atoms with Crippen molar-refractivity contribution < 1.29 is 0 Å². The Morgan fingerprint density at radius 1 is 1.21 bits per heavy atom. The number of nitrogens with two attached hydrogens (primary N) is 1. The largest absolute Gasteiger partial charge is 0.322 e. The van der Waals surface area contributed by atoms with Crippen LogP contribution in [0.4, 0.5) is 0 Å². The fraction of sp³-hybridized carbons (Fsp3) is 0.471. The summed E-state index contributed by atoms with van der Waals surface area (Å²) in [6, 6.07) is 10.6. The standard InChI is InChI=1S/C17H22N2/c1-12-5-4-7-14(11-12)16(18)17-15-8-3-2-6-13(15)9-10-19-17/h2-3,6,8-10,12,14,16H,4-5,7,11,18H2,1H3. The van der Waals surface area contributed by atoms with Gasteiger partial charge in [0, 0.05) is 11.6 Å². The van der Waals surface area contributed by atoms with Crippen molar-refractivity contribution in [3.05, 3.63) is 42.2 Å². The lowest BCUT2D eigenvalue weighted by Gasteiger charge is -2.31. The van der Waals surface area contributed by atoms with Crippen LogP contribution >= 0.6 is 0 Å². The summed E-state index contributed by atoms with van der Waals surface area (Å²) in [6.45, 7) is 2.34. The molecule has 1 fully saturated rings. The number of hydrogen-bond acceptors (Lipinski definition) is 2. The number of pyridine rings is 1. The van der Waals surface area contributed by atoms with Gasteiger partial charge in [-0.1, -0.05) is 44.0 Å². The Hall–Kier alpha value is -1.41. The highest BCUT2D eigenvalue weighted by Gasteiger charge is 2.26. The minimum Gasteiger partial charge on any atom is -0.322 e. The highest BCUT2D eigenvalue weighted by atomic mass is 14.8. The third kappa shape index (κ3) is 2.50. The second-order valence-electron chi connectivity index (χ2n) is 5.97. The van der Waals surface area contributed by atoms with Crippen molar-refractivity contribution in [3.63, 3.8) is 0 Å². The molecule has 3 rings (SSSR count). The number of aromatic nitrogens is 1. The highest BCUT2D eigenvalue weighted by molar-refractivity contribution is 5.84. The summed E-state index contributed by atoms with van der Waals surface area (Å²) in [6.07, 6.45) is 7.04. The van der Waals surface area contributed by atoms with Crippen LogP contribution in [-0.2, 0) is 0 Å². The monoisotopic (exact) mass is 254 g/mol. The first kappa shape index (κ1) is 12.6. The molecule has 3 atom stereocenters. The molecule has 3 unspecified atom stereocenters. The maximum Gasteiger partial charge on any atom is 0.0651 e. The maximum absolute atomic E-state index is 6.54. The Morgan fingerprint density at radius 3 is 2.89 bits per heavy atom. The highest BCUT2D eigenvalue weighted by Crippen LogP contribution is 2.36. The van der Waals surface area contributed by atoms with Gasteiger partial charge in [-0.3, -0.25) is 4.98 Å². The molecule has 100 valence electrons. The van der Waals surface area contributed by atoms with Gasteiger partial charge in [-0.15, -0.1) is 0 Å². The van der Waals surface area contributed by atoms with Gasteiger partial charge in [-0.25, -0.2) is 0 Å². The number of fused-ring (bicyclic) bond motifs is 1. The molecule has 19 heavy (non-hydrogen) atoms. The molecule has 2 nitrogen and oxygen atoms in total.